The normalized spacial score (nSPS) is 15.4. The van der Waals surface area contributed by atoms with Crippen molar-refractivity contribution in [2.45, 2.75) is 45.4 Å². The van der Waals surface area contributed by atoms with Crippen LogP contribution in [0.4, 0.5) is 0 Å². The molecule has 3 rings (SSSR count). The second kappa shape index (κ2) is 9.40. The number of aromatic nitrogens is 1. The average Bonchev–Trinajstić information content (AvgIpc) is 2.72. The van der Waals surface area contributed by atoms with Gasteiger partial charge in [0, 0.05) is 25.4 Å². The van der Waals surface area contributed by atoms with Gasteiger partial charge in [0.15, 0.2) is 0 Å². The Morgan fingerprint density at radius 3 is 2.38 bits per heavy atom. The quantitative estimate of drug-likeness (QED) is 0.775. The first kappa shape index (κ1) is 21.3. The van der Waals surface area contributed by atoms with Crippen LogP contribution in [0.25, 0.3) is 0 Å². The minimum atomic E-state index is 0.0608. The second-order valence-electron chi connectivity index (χ2n) is 8.89. The van der Waals surface area contributed by atoms with Gasteiger partial charge in [-0.1, -0.05) is 32.9 Å². The Morgan fingerprint density at radius 2 is 1.83 bits per heavy atom. The average molecular weight is 396 g/mol. The van der Waals surface area contributed by atoms with E-state index in [1.807, 2.05) is 24.1 Å². The van der Waals surface area contributed by atoms with Crippen LogP contribution in [0, 0.1) is 5.92 Å². The molecule has 5 heteroatoms. The molecule has 1 aliphatic heterocycles. The molecule has 156 valence electrons. The zero-order chi connectivity index (χ0) is 20.9. The topological polar surface area (TPSA) is 54.5 Å². The number of nitrogens with one attached hydrogen (secondary N) is 1. The van der Waals surface area contributed by atoms with E-state index in [1.54, 1.807) is 18.3 Å². The number of nitrogens with zero attached hydrogens (tertiary/aromatic N) is 2. The van der Waals surface area contributed by atoms with Crippen molar-refractivity contribution in [3.05, 3.63) is 53.7 Å². The molecular formula is C24H33N3O2. The molecule has 1 amide bonds. The smallest absolute Gasteiger partial charge is 0.255 e. The molecule has 5 nitrogen and oxygen atoms in total. The summed E-state index contributed by atoms with van der Waals surface area (Å²) in [6.45, 7) is 9.25. The lowest BCUT2D eigenvalue weighted by atomic mass is 9.87. The van der Waals surface area contributed by atoms with Crippen LogP contribution in [0.15, 0.2) is 42.6 Å². The van der Waals surface area contributed by atoms with Crippen molar-refractivity contribution in [1.82, 2.24) is 15.2 Å². The zero-order valence-electron chi connectivity index (χ0n) is 18.1. The maximum atomic E-state index is 12.8. The summed E-state index contributed by atoms with van der Waals surface area (Å²) >= 11 is 0. The van der Waals surface area contributed by atoms with Crippen LogP contribution >= 0.6 is 0 Å². The Morgan fingerprint density at radius 1 is 1.14 bits per heavy atom. The highest BCUT2D eigenvalue weighted by Gasteiger charge is 2.23. The van der Waals surface area contributed by atoms with E-state index in [0.717, 1.165) is 38.2 Å². The lowest BCUT2D eigenvalue weighted by molar-refractivity contribution is 0.0686. The minimum Gasteiger partial charge on any atom is -0.439 e. The third kappa shape index (κ3) is 5.80. The Bertz CT molecular complexity index is 786. The number of amides is 1. The van der Waals surface area contributed by atoms with E-state index < -0.39 is 0 Å². The largest absolute Gasteiger partial charge is 0.439 e. The van der Waals surface area contributed by atoms with Gasteiger partial charge in [0.1, 0.15) is 5.75 Å². The highest BCUT2D eigenvalue weighted by atomic mass is 16.5. The molecule has 1 aromatic carbocycles. The van der Waals surface area contributed by atoms with Crippen LogP contribution in [-0.2, 0) is 5.41 Å². The van der Waals surface area contributed by atoms with Gasteiger partial charge >= 0.3 is 0 Å². The first-order valence-electron chi connectivity index (χ1n) is 10.5. The molecule has 0 unspecified atom stereocenters. The molecule has 0 atom stereocenters. The van der Waals surface area contributed by atoms with Crippen LogP contribution in [0.3, 0.4) is 0 Å². The Hall–Kier alpha value is -2.40. The summed E-state index contributed by atoms with van der Waals surface area (Å²) in [5.41, 5.74) is 1.99. The number of carbonyl (C=O) groups excluding carboxylic acids is 1. The van der Waals surface area contributed by atoms with E-state index in [9.17, 15) is 4.79 Å². The number of ether oxygens (including phenoxy) is 1. The number of piperidine rings is 1. The van der Waals surface area contributed by atoms with Crippen LogP contribution in [0.5, 0.6) is 11.6 Å². The molecule has 1 aliphatic rings. The van der Waals surface area contributed by atoms with Crippen molar-refractivity contribution in [3.63, 3.8) is 0 Å². The molecule has 0 saturated carbocycles. The van der Waals surface area contributed by atoms with Gasteiger partial charge in [-0.3, -0.25) is 4.79 Å². The van der Waals surface area contributed by atoms with Crippen LogP contribution in [-0.4, -0.2) is 42.5 Å². The van der Waals surface area contributed by atoms with E-state index in [0.29, 0.717) is 17.4 Å². The first-order valence-corrected chi connectivity index (χ1v) is 10.5. The van der Waals surface area contributed by atoms with Gasteiger partial charge in [0.05, 0.1) is 5.56 Å². The van der Waals surface area contributed by atoms with Gasteiger partial charge in [-0.05, 0) is 68.0 Å². The van der Waals surface area contributed by atoms with Gasteiger partial charge < -0.3 is 15.0 Å². The van der Waals surface area contributed by atoms with Crippen LogP contribution < -0.4 is 10.1 Å². The maximum Gasteiger partial charge on any atom is 0.255 e. The first-order chi connectivity index (χ1) is 13.9. The molecule has 0 spiro atoms. The Labute approximate surface area is 174 Å². The Kier molecular flexibility index (Phi) is 6.91. The number of rotatable bonds is 6. The van der Waals surface area contributed by atoms with Crippen molar-refractivity contribution in [1.29, 1.82) is 0 Å². The van der Waals surface area contributed by atoms with E-state index in [-0.39, 0.29) is 11.3 Å². The van der Waals surface area contributed by atoms with Gasteiger partial charge in [0.25, 0.3) is 5.91 Å². The fraction of sp³-hybridized carbons (Fsp3) is 0.500. The lowest BCUT2D eigenvalue weighted by Gasteiger charge is -2.32. The molecule has 2 heterocycles. The van der Waals surface area contributed by atoms with Gasteiger partial charge in [-0.25, -0.2) is 4.98 Å². The number of pyridine rings is 1. The van der Waals surface area contributed by atoms with E-state index in [4.69, 9.17) is 4.74 Å². The molecule has 1 saturated heterocycles. The summed E-state index contributed by atoms with van der Waals surface area (Å²) in [6, 6.07) is 11.6. The summed E-state index contributed by atoms with van der Waals surface area (Å²) in [7, 11) is 1.99. The number of benzene rings is 1. The predicted molar refractivity (Wildman–Crippen MR) is 117 cm³/mol. The SMILES string of the molecule is CNCCC1CCN(C(=O)c2ccc(Oc3ccc(C(C)(C)C)cc3)nc2)CC1. The molecule has 1 aromatic heterocycles. The lowest BCUT2D eigenvalue weighted by Crippen LogP contribution is -2.39. The van der Waals surface area contributed by atoms with Gasteiger partial charge in [0.2, 0.25) is 5.88 Å². The number of likely N-dealkylation sites (tertiary alicyclic amines) is 1. The van der Waals surface area contributed by atoms with Crippen molar-refractivity contribution >= 4 is 5.91 Å². The fourth-order valence-corrected chi connectivity index (χ4v) is 3.67. The van der Waals surface area contributed by atoms with Crippen molar-refractivity contribution in [2.24, 2.45) is 5.92 Å². The fourth-order valence-electron chi connectivity index (χ4n) is 3.67. The van der Waals surface area contributed by atoms with Crippen LogP contribution in [0.2, 0.25) is 0 Å². The highest BCUT2D eigenvalue weighted by molar-refractivity contribution is 5.94. The molecule has 29 heavy (non-hydrogen) atoms. The molecule has 2 aromatic rings. The van der Waals surface area contributed by atoms with Crippen molar-refractivity contribution in [3.8, 4) is 11.6 Å². The third-order valence-electron chi connectivity index (χ3n) is 5.63. The van der Waals surface area contributed by atoms with E-state index in [1.165, 1.54) is 12.0 Å². The summed E-state index contributed by atoms with van der Waals surface area (Å²) < 4.78 is 5.84. The maximum absolute atomic E-state index is 12.8. The molecule has 0 bridgehead atoms. The standard InChI is InChI=1S/C24H33N3O2/c1-24(2,3)20-6-8-21(9-7-20)29-22-10-5-19(17-26-22)23(28)27-15-12-18(13-16-27)11-14-25-4/h5-10,17-18,25H,11-16H2,1-4H3. The zero-order valence-corrected chi connectivity index (χ0v) is 18.1. The molecule has 1 fully saturated rings. The molecule has 1 N–H and O–H groups in total. The molecule has 0 aliphatic carbocycles. The number of hydrogen-bond donors (Lipinski definition) is 1. The molecular weight excluding hydrogens is 362 g/mol. The number of hydrogen-bond acceptors (Lipinski definition) is 4. The van der Waals surface area contributed by atoms with Gasteiger partial charge in [-0.15, -0.1) is 0 Å². The van der Waals surface area contributed by atoms with E-state index >= 15 is 0 Å². The summed E-state index contributed by atoms with van der Waals surface area (Å²) in [5, 5.41) is 3.21. The third-order valence-corrected chi connectivity index (χ3v) is 5.63. The minimum absolute atomic E-state index is 0.0608. The summed E-state index contributed by atoms with van der Waals surface area (Å²) in [6.07, 6.45) is 4.95. The summed E-state index contributed by atoms with van der Waals surface area (Å²) in [4.78, 5) is 19.0. The van der Waals surface area contributed by atoms with Crippen LogP contribution in [0.1, 0.15) is 56.0 Å². The van der Waals surface area contributed by atoms with Crippen molar-refractivity contribution < 1.29 is 9.53 Å². The summed E-state index contributed by atoms with van der Waals surface area (Å²) in [5.74, 6) is 2.01. The predicted octanol–water partition coefficient (Wildman–Crippen LogP) is 4.63. The van der Waals surface area contributed by atoms with Crippen molar-refractivity contribution in [2.75, 3.05) is 26.7 Å². The Balaban J connectivity index is 1.55. The van der Waals surface area contributed by atoms with Gasteiger partial charge in [-0.2, -0.15) is 0 Å². The monoisotopic (exact) mass is 395 g/mol. The highest BCUT2D eigenvalue weighted by Crippen LogP contribution is 2.27. The molecule has 0 radical (unpaired) electrons. The van der Waals surface area contributed by atoms with E-state index in [2.05, 4.69) is 43.2 Å². The number of carbonyl (C=O) groups is 1. The second-order valence-corrected chi connectivity index (χ2v) is 8.89.